The first-order valence-electron chi connectivity index (χ1n) is 7.32. The summed E-state index contributed by atoms with van der Waals surface area (Å²) in [5.41, 5.74) is 0.721. The van der Waals surface area contributed by atoms with Gasteiger partial charge in [-0.1, -0.05) is 15.9 Å². The van der Waals surface area contributed by atoms with Gasteiger partial charge in [-0.25, -0.2) is 4.79 Å². The summed E-state index contributed by atoms with van der Waals surface area (Å²) in [4.78, 5) is 39.6. The monoisotopic (exact) mass is 395 g/mol. The number of carbonyl (C=O) groups is 1. The molecule has 0 fully saturated rings. The van der Waals surface area contributed by atoms with Crippen molar-refractivity contribution in [2.45, 2.75) is 26.3 Å². The number of H-pyrrole nitrogens is 2. The Morgan fingerprint density at radius 2 is 2.04 bits per heavy atom. The molecule has 1 aromatic carbocycles. The number of benzene rings is 1. The number of aryl methyl sites for hydroxylation is 1. The van der Waals surface area contributed by atoms with E-state index < -0.39 is 11.2 Å². The third kappa shape index (κ3) is 4.58. The van der Waals surface area contributed by atoms with E-state index in [0.29, 0.717) is 23.6 Å². The van der Waals surface area contributed by atoms with Crippen LogP contribution in [0, 0.1) is 6.92 Å². The largest absolute Gasteiger partial charge is 0.496 e. The van der Waals surface area contributed by atoms with E-state index in [-0.39, 0.29) is 18.7 Å². The minimum atomic E-state index is -0.549. The predicted molar refractivity (Wildman–Crippen MR) is 93.3 cm³/mol. The molecule has 0 aliphatic carbocycles. The lowest BCUT2D eigenvalue weighted by atomic mass is 10.1. The fourth-order valence-corrected chi connectivity index (χ4v) is 2.74. The summed E-state index contributed by atoms with van der Waals surface area (Å²) in [5, 5.41) is 2.80. The molecule has 0 atom stereocenters. The molecule has 24 heavy (non-hydrogen) atoms. The lowest BCUT2D eigenvalue weighted by Gasteiger charge is -2.10. The molecule has 128 valence electrons. The van der Waals surface area contributed by atoms with E-state index in [1.165, 1.54) is 0 Å². The zero-order valence-electron chi connectivity index (χ0n) is 13.4. The lowest BCUT2D eigenvalue weighted by molar-refractivity contribution is -0.121. The number of aromatic amines is 2. The maximum absolute atomic E-state index is 12.0. The number of halogens is 1. The van der Waals surface area contributed by atoms with Crippen LogP contribution < -0.4 is 21.3 Å². The number of rotatable bonds is 6. The van der Waals surface area contributed by atoms with Gasteiger partial charge in [-0.2, -0.15) is 0 Å². The van der Waals surface area contributed by atoms with Crippen molar-refractivity contribution in [2.75, 3.05) is 7.11 Å². The number of ether oxygens (including phenoxy) is 1. The van der Waals surface area contributed by atoms with Gasteiger partial charge in [0.25, 0.3) is 5.56 Å². The van der Waals surface area contributed by atoms with Gasteiger partial charge in [-0.05, 0) is 31.5 Å². The Morgan fingerprint density at radius 3 is 2.71 bits per heavy atom. The molecule has 8 heteroatoms. The first kappa shape index (κ1) is 18.0. The molecule has 2 aromatic rings. The van der Waals surface area contributed by atoms with Crippen molar-refractivity contribution in [1.29, 1.82) is 0 Å². The van der Waals surface area contributed by atoms with Gasteiger partial charge in [0.05, 0.1) is 7.11 Å². The van der Waals surface area contributed by atoms with E-state index in [2.05, 4.69) is 31.2 Å². The fraction of sp³-hybridized carbons (Fsp3) is 0.312. The summed E-state index contributed by atoms with van der Waals surface area (Å²) in [6.07, 6.45) is 0.395. The zero-order chi connectivity index (χ0) is 17.7. The van der Waals surface area contributed by atoms with Gasteiger partial charge in [-0.3, -0.25) is 14.6 Å². The lowest BCUT2D eigenvalue weighted by Crippen LogP contribution is -2.29. The SMILES string of the molecule is COc1ccc(Br)cc1CNC(=O)CCc1c(C)[nH]c(=O)[nH]c1=O. The van der Waals surface area contributed by atoms with Crippen LogP contribution in [0.4, 0.5) is 0 Å². The number of nitrogens with one attached hydrogen (secondary N) is 3. The van der Waals surface area contributed by atoms with Gasteiger partial charge in [0, 0.05) is 34.3 Å². The van der Waals surface area contributed by atoms with E-state index in [4.69, 9.17) is 4.74 Å². The van der Waals surface area contributed by atoms with Crippen LogP contribution in [0.3, 0.4) is 0 Å². The molecule has 2 rings (SSSR count). The Bertz CT molecular complexity index is 857. The Labute approximate surface area is 146 Å². The molecule has 0 saturated carbocycles. The molecule has 0 unspecified atom stereocenters. The van der Waals surface area contributed by atoms with E-state index >= 15 is 0 Å². The molecule has 1 amide bonds. The normalized spacial score (nSPS) is 10.5. The van der Waals surface area contributed by atoms with Crippen LogP contribution >= 0.6 is 15.9 Å². The van der Waals surface area contributed by atoms with E-state index in [0.717, 1.165) is 10.0 Å². The van der Waals surface area contributed by atoms with Crippen molar-refractivity contribution >= 4 is 21.8 Å². The van der Waals surface area contributed by atoms with Crippen LogP contribution in [0.5, 0.6) is 5.75 Å². The van der Waals surface area contributed by atoms with Crippen LogP contribution in [-0.2, 0) is 17.8 Å². The molecular formula is C16H18BrN3O4. The molecule has 0 radical (unpaired) electrons. The number of methoxy groups -OCH3 is 1. The Kier molecular flexibility index (Phi) is 5.97. The highest BCUT2D eigenvalue weighted by Crippen LogP contribution is 2.22. The third-order valence-electron chi connectivity index (χ3n) is 3.58. The second-order valence-corrected chi connectivity index (χ2v) is 6.16. The second-order valence-electron chi connectivity index (χ2n) is 5.24. The van der Waals surface area contributed by atoms with Gasteiger partial charge in [0.1, 0.15) is 5.75 Å². The van der Waals surface area contributed by atoms with Crippen LogP contribution in [0.2, 0.25) is 0 Å². The summed E-state index contributed by atoms with van der Waals surface area (Å²) in [6, 6.07) is 5.54. The average Bonchev–Trinajstić information content (AvgIpc) is 2.52. The molecule has 1 aromatic heterocycles. The van der Waals surface area contributed by atoms with Gasteiger partial charge in [-0.15, -0.1) is 0 Å². The first-order chi connectivity index (χ1) is 11.4. The first-order valence-corrected chi connectivity index (χ1v) is 8.11. The van der Waals surface area contributed by atoms with Crippen molar-refractivity contribution in [1.82, 2.24) is 15.3 Å². The predicted octanol–water partition coefficient (Wildman–Crippen LogP) is 1.39. The third-order valence-corrected chi connectivity index (χ3v) is 4.07. The van der Waals surface area contributed by atoms with Crippen molar-refractivity contribution < 1.29 is 9.53 Å². The number of carbonyl (C=O) groups excluding carboxylic acids is 1. The standard InChI is InChI=1S/C16H18BrN3O4/c1-9-12(15(22)20-16(23)19-9)4-6-14(21)18-8-10-7-11(17)3-5-13(10)24-2/h3,5,7H,4,6,8H2,1-2H3,(H,18,21)(H2,19,20,22,23). The van der Waals surface area contributed by atoms with Crippen molar-refractivity contribution in [3.63, 3.8) is 0 Å². The Balaban J connectivity index is 1.97. The van der Waals surface area contributed by atoms with E-state index in [9.17, 15) is 14.4 Å². The van der Waals surface area contributed by atoms with Gasteiger partial charge >= 0.3 is 5.69 Å². The average molecular weight is 396 g/mol. The van der Waals surface area contributed by atoms with E-state index in [1.54, 1.807) is 14.0 Å². The minimum Gasteiger partial charge on any atom is -0.496 e. The summed E-state index contributed by atoms with van der Waals surface area (Å²) in [7, 11) is 1.57. The summed E-state index contributed by atoms with van der Waals surface area (Å²) >= 11 is 3.38. The minimum absolute atomic E-state index is 0.145. The van der Waals surface area contributed by atoms with Gasteiger partial charge < -0.3 is 15.0 Å². The van der Waals surface area contributed by atoms with Gasteiger partial charge in [0.2, 0.25) is 5.91 Å². The highest BCUT2D eigenvalue weighted by Gasteiger charge is 2.10. The van der Waals surface area contributed by atoms with E-state index in [1.807, 2.05) is 18.2 Å². The molecule has 0 spiro atoms. The van der Waals surface area contributed by atoms with Gasteiger partial charge in [0.15, 0.2) is 0 Å². The molecule has 0 aliphatic heterocycles. The van der Waals surface area contributed by atoms with Crippen LogP contribution in [0.25, 0.3) is 0 Å². The highest BCUT2D eigenvalue weighted by atomic mass is 79.9. The molecule has 1 heterocycles. The summed E-state index contributed by atoms with van der Waals surface area (Å²) in [5.74, 6) is 0.494. The van der Waals surface area contributed by atoms with Crippen molar-refractivity contribution in [3.05, 3.63) is 60.3 Å². The number of hydrogen-bond acceptors (Lipinski definition) is 4. The number of aromatic nitrogens is 2. The maximum atomic E-state index is 12.0. The molecule has 0 bridgehead atoms. The zero-order valence-corrected chi connectivity index (χ0v) is 15.0. The quantitative estimate of drug-likeness (QED) is 0.687. The van der Waals surface area contributed by atoms with Crippen molar-refractivity contribution in [3.8, 4) is 5.75 Å². The van der Waals surface area contributed by atoms with Crippen LogP contribution in [-0.4, -0.2) is 23.0 Å². The Morgan fingerprint density at radius 1 is 1.29 bits per heavy atom. The molecule has 7 nitrogen and oxygen atoms in total. The second kappa shape index (κ2) is 7.96. The van der Waals surface area contributed by atoms with Crippen LogP contribution in [0.15, 0.2) is 32.3 Å². The van der Waals surface area contributed by atoms with Crippen LogP contribution in [0.1, 0.15) is 23.2 Å². The van der Waals surface area contributed by atoms with Crippen molar-refractivity contribution in [2.24, 2.45) is 0 Å². The summed E-state index contributed by atoms with van der Waals surface area (Å²) < 4.78 is 6.14. The highest BCUT2D eigenvalue weighted by molar-refractivity contribution is 9.10. The number of amides is 1. The summed E-state index contributed by atoms with van der Waals surface area (Å²) in [6.45, 7) is 1.96. The maximum Gasteiger partial charge on any atom is 0.325 e. The molecule has 0 aliphatic rings. The topological polar surface area (TPSA) is 104 Å². The number of hydrogen-bond donors (Lipinski definition) is 3. The Hall–Kier alpha value is -2.35. The fourth-order valence-electron chi connectivity index (χ4n) is 2.33. The molecule has 3 N–H and O–H groups in total. The molecule has 0 saturated heterocycles. The molecular weight excluding hydrogens is 378 g/mol. The smallest absolute Gasteiger partial charge is 0.325 e.